The highest BCUT2D eigenvalue weighted by Gasteiger charge is 2.07. The summed E-state index contributed by atoms with van der Waals surface area (Å²) in [4.78, 5) is 11.5. The molecule has 0 aliphatic heterocycles. The van der Waals surface area contributed by atoms with E-state index in [1.807, 2.05) is 38.1 Å². The van der Waals surface area contributed by atoms with Gasteiger partial charge in [-0.3, -0.25) is 4.79 Å². The first kappa shape index (κ1) is 15.5. The van der Waals surface area contributed by atoms with Crippen LogP contribution in [0, 0.1) is 0 Å². The maximum Gasteiger partial charge on any atom is 0.221 e. The van der Waals surface area contributed by atoms with Crippen molar-refractivity contribution < 1.29 is 9.53 Å². The number of methoxy groups -OCH3 is 1. The van der Waals surface area contributed by atoms with Crippen molar-refractivity contribution in [2.75, 3.05) is 13.7 Å². The molecule has 4 heteroatoms. The number of nitrogens with one attached hydrogen (secondary N) is 2. The van der Waals surface area contributed by atoms with Gasteiger partial charge in [0.2, 0.25) is 5.91 Å². The van der Waals surface area contributed by atoms with Gasteiger partial charge in [-0.25, -0.2) is 0 Å². The number of rotatable bonds is 7. The lowest BCUT2D eigenvalue weighted by molar-refractivity contribution is -0.121. The molecule has 0 aromatic heterocycles. The van der Waals surface area contributed by atoms with Crippen LogP contribution in [-0.2, 0) is 4.79 Å². The maximum atomic E-state index is 11.5. The van der Waals surface area contributed by atoms with Crippen molar-refractivity contribution in [3.8, 4) is 5.75 Å². The summed E-state index contributed by atoms with van der Waals surface area (Å²) in [6.45, 7) is 6.67. The van der Waals surface area contributed by atoms with Crippen molar-refractivity contribution >= 4 is 5.91 Å². The molecule has 1 atom stereocenters. The van der Waals surface area contributed by atoms with Gasteiger partial charge in [0.25, 0.3) is 0 Å². The standard InChI is InChI=1S/C15H24N2O2/c1-11(2)17-15(18)8-9-16-12(3)13-6-5-7-14(10-13)19-4/h5-7,10-12,16H,8-9H2,1-4H3,(H,17,18). The minimum Gasteiger partial charge on any atom is -0.497 e. The molecule has 1 rings (SSSR count). The molecule has 0 radical (unpaired) electrons. The van der Waals surface area contributed by atoms with Gasteiger partial charge < -0.3 is 15.4 Å². The van der Waals surface area contributed by atoms with Crippen LogP contribution in [0.5, 0.6) is 5.75 Å². The summed E-state index contributed by atoms with van der Waals surface area (Å²) < 4.78 is 5.20. The number of carbonyl (C=O) groups is 1. The largest absolute Gasteiger partial charge is 0.497 e. The summed E-state index contributed by atoms with van der Waals surface area (Å²) in [7, 11) is 1.66. The Morgan fingerprint density at radius 1 is 1.32 bits per heavy atom. The van der Waals surface area contributed by atoms with E-state index >= 15 is 0 Å². The van der Waals surface area contributed by atoms with E-state index in [0.717, 1.165) is 11.3 Å². The Kier molecular flexibility index (Phi) is 6.36. The quantitative estimate of drug-likeness (QED) is 0.794. The lowest BCUT2D eigenvalue weighted by Gasteiger charge is -2.15. The lowest BCUT2D eigenvalue weighted by Crippen LogP contribution is -2.33. The second-order valence-electron chi connectivity index (χ2n) is 4.92. The molecule has 1 aromatic rings. The summed E-state index contributed by atoms with van der Waals surface area (Å²) >= 11 is 0. The molecule has 4 nitrogen and oxygen atoms in total. The van der Waals surface area contributed by atoms with Crippen LogP contribution in [0.3, 0.4) is 0 Å². The number of hydrogen-bond acceptors (Lipinski definition) is 3. The molecule has 0 fully saturated rings. The average Bonchev–Trinajstić information content (AvgIpc) is 2.37. The third kappa shape index (κ3) is 5.75. The third-order valence-electron chi connectivity index (χ3n) is 2.85. The van der Waals surface area contributed by atoms with Gasteiger partial charge in [0.1, 0.15) is 5.75 Å². The maximum absolute atomic E-state index is 11.5. The third-order valence-corrected chi connectivity index (χ3v) is 2.85. The second-order valence-corrected chi connectivity index (χ2v) is 4.92. The highest BCUT2D eigenvalue weighted by molar-refractivity contribution is 5.76. The van der Waals surface area contributed by atoms with E-state index in [2.05, 4.69) is 17.6 Å². The van der Waals surface area contributed by atoms with E-state index < -0.39 is 0 Å². The molecule has 0 spiro atoms. The van der Waals surface area contributed by atoms with Gasteiger partial charge in [0, 0.05) is 25.0 Å². The SMILES string of the molecule is COc1cccc(C(C)NCCC(=O)NC(C)C)c1. The Morgan fingerprint density at radius 2 is 2.05 bits per heavy atom. The Hall–Kier alpha value is -1.55. The molecule has 0 heterocycles. The lowest BCUT2D eigenvalue weighted by atomic mass is 10.1. The number of ether oxygens (including phenoxy) is 1. The zero-order chi connectivity index (χ0) is 14.3. The second kappa shape index (κ2) is 7.79. The highest BCUT2D eigenvalue weighted by atomic mass is 16.5. The zero-order valence-electron chi connectivity index (χ0n) is 12.2. The van der Waals surface area contributed by atoms with Crippen LogP contribution in [0.25, 0.3) is 0 Å². The van der Waals surface area contributed by atoms with Crippen LogP contribution < -0.4 is 15.4 Å². The van der Waals surface area contributed by atoms with Gasteiger partial charge in [-0.15, -0.1) is 0 Å². The van der Waals surface area contributed by atoms with Crippen LogP contribution in [0.1, 0.15) is 38.8 Å². The van der Waals surface area contributed by atoms with Crippen molar-refractivity contribution in [3.05, 3.63) is 29.8 Å². The molecular weight excluding hydrogens is 240 g/mol. The van der Waals surface area contributed by atoms with Crippen LogP contribution >= 0.6 is 0 Å². The van der Waals surface area contributed by atoms with Crippen LogP contribution in [0.2, 0.25) is 0 Å². The summed E-state index contributed by atoms with van der Waals surface area (Å²) in [6.07, 6.45) is 0.493. The predicted octanol–water partition coefficient (Wildman–Crippen LogP) is 2.26. The highest BCUT2D eigenvalue weighted by Crippen LogP contribution is 2.18. The predicted molar refractivity (Wildman–Crippen MR) is 77.3 cm³/mol. The molecule has 0 aliphatic rings. The first-order chi connectivity index (χ1) is 9.02. The fraction of sp³-hybridized carbons (Fsp3) is 0.533. The van der Waals surface area contributed by atoms with Gasteiger partial charge >= 0.3 is 0 Å². The summed E-state index contributed by atoms with van der Waals surface area (Å²) in [5.41, 5.74) is 1.16. The first-order valence-electron chi connectivity index (χ1n) is 6.69. The van der Waals surface area contributed by atoms with E-state index in [1.165, 1.54) is 0 Å². The zero-order valence-corrected chi connectivity index (χ0v) is 12.2. The van der Waals surface area contributed by atoms with Crippen molar-refractivity contribution in [2.24, 2.45) is 0 Å². The first-order valence-corrected chi connectivity index (χ1v) is 6.69. The summed E-state index contributed by atoms with van der Waals surface area (Å²) in [5.74, 6) is 0.934. The Balaban J connectivity index is 2.38. The van der Waals surface area contributed by atoms with Gasteiger partial charge in [0.15, 0.2) is 0 Å². The van der Waals surface area contributed by atoms with Gasteiger partial charge in [-0.1, -0.05) is 12.1 Å². The molecular formula is C15H24N2O2. The molecule has 1 amide bonds. The normalized spacial score (nSPS) is 12.3. The minimum absolute atomic E-state index is 0.0837. The van der Waals surface area contributed by atoms with E-state index in [1.54, 1.807) is 7.11 Å². The van der Waals surface area contributed by atoms with Crippen molar-refractivity contribution in [3.63, 3.8) is 0 Å². The van der Waals surface area contributed by atoms with E-state index in [4.69, 9.17) is 4.74 Å². The Labute approximate surface area is 115 Å². The molecule has 19 heavy (non-hydrogen) atoms. The van der Waals surface area contributed by atoms with Crippen LogP contribution in [0.15, 0.2) is 24.3 Å². The van der Waals surface area contributed by atoms with Crippen LogP contribution in [0.4, 0.5) is 0 Å². The number of amides is 1. The molecule has 0 aliphatic carbocycles. The summed E-state index contributed by atoms with van der Waals surface area (Å²) in [6, 6.07) is 8.34. The van der Waals surface area contributed by atoms with Crippen molar-refractivity contribution in [1.82, 2.24) is 10.6 Å². The topological polar surface area (TPSA) is 50.4 Å². The number of carbonyl (C=O) groups excluding carboxylic acids is 1. The van der Waals surface area contributed by atoms with E-state index in [9.17, 15) is 4.79 Å². The van der Waals surface area contributed by atoms with Gasteiger partial charge in [-0.2, -0.15) is 0 Å². The molecule has 0 bridgehead atoms. The molecule has 0 saturated carbocycles. The number of hydrogen-bond donors (Lipinski definition) is 2. The van der Waals surface area contributed by atoms with Crippen LogP contribution in [-0.4, -0.2) is 25.6 Å². The van der Waals surface area contributed by atoms with E-state index in [0.29, 0.717) is 13.0 Å². The van der Waals surface area contributed by atoms with Gasteiger partial charge in [0.05, 0.1) is 7.11 Å². The van der Waals surface area contributed by atoms with E-state index in [-0.39, 0.29) is 18.0 Å². The molecule has 0 saturated heterocycles. The molecule has 1 aromatic carbocycles. The molecule has 2 N–H and O–H groups in total. The Bertz CT molecular complexity index is 405. The fourth-order valence-corrected chi connectivity index (χ4v) is 1.83. The summed E-state index contributed by atoms with van der Waals surface area (Å²) in [5, 5.41) is 6.21. The van der Waals surface area contributed by atoms with Crippen molar-refractivity contribution in [1.29, 1.82) is 0 Å². The van der Waals surface area contributed by atoms with Gasteiger partial charge in [-0.05, 0) is 38.5 Å². The minimum atomic E-state index is 0.0837. The number of benzene rings is 1. The fourth-order valence-electron chi connectivity index (χ4n) is 1.83. The smallest absolute Gasteiger partial charge is 0.221 e. The van der Waals surface area contributed by atoms with Crippen molar-refractivity contribution in [2.45, 2.75) is 39.3 Å². The monoisotopic (exact) mass is 264 g/mol. The molecule has 1 unspecified atom stereocenters. The molecule has 106 valence electrons. The Morgan fingerprint density at radius 3 is 2.68 bits per heavy atom. The average molecular weight is 264 g/mol.